The van der Waals surface area contributed by atoms with E-state index in [0.29, 0.717) is 34.0 Å². The number of aryl methyl sites for hydroxylation is 2. The van der Waals surface area contributed by atoms with Gasteiger partial charge in [-0.25, -0.2) is 9.78 Å². The normalized spacial score (nSPS) is 12.5. The van der Waals surface area contributed by atoms with Crippen LogP contribution in [0.15, 0.2) is 32.5 Å². The summed E-state index contributed by atoms with van der Waals surface area (Å²) in [6.07, 6.45) is 0. The van der Waals surface area contributed by atoms with E-state index in [1.165, 1.54) is 4.57 Å². The second kappa shape index (κ2) is 7.28. The fourth-order valence-corrected chi connectivity index (χ4v) is 3.48. The van der Waals surface area contributed by atoms with Crippen molar-refractivity contribution in [3.8, 4) is 0 Å². The highest BCUT2D eigenvalue weighted by molar-refractivity contribution is 9.10. The summed E-state index contributed by atoms with van der Waals surface area (Å²) in [4.78, 5) is 30.6. The maximum Gasteiger partial charge on any atom is 0.329 e. The van der Waals surface area contributed by atoms with Crippen molar-refractivity contribution in [2.24, 2.45) is 13.0 Å². The van der Waals surface area contributed by atoms with E-state index in [1.54, 1.807) is 11.6 Å². The number of nitrogens with zero attached hydrogens (tertiary/aromatic N) is 3. The van der Waals surface area contributed by atoms with E-state index >= 15 is 0 Å². The first kappa shape index (κ1) is 18.7. The Morgan fingerprint density at radius 2 is 2.12 bits per heavy atom. The number of rotatable bonds is 5. The summed E-state index contributed by atoms with van der Waals surface area (Å²) in [5, 5.41) is 4.08. The molecule has 26 heavy (non-hydrogen) atoms. The van der Waals surface area contributed by atoms with Crippen LogP contribution in [0.25, 0.3) is 11.2 Å². The van der Waals surface area contributed by atoms with Crippen molar-refractivity contribution in [2.75, 3.05) is 11.9 Å². The molecule has 0 amide bonds. The molecule has 2 aromatic heterocycles. The molecule has 1 atom stereocenters. The van der Waals surface area contributed by atoms with Gasteiger partial charge in [0.1, 0.15) is 0 Å². The van der Waals surface area contributed by atoms with Gasteiger partial charge in [0.05, 0.1) is 0 Å². The Hall–Kier alpha value is -2.06. The molecule has 0 saturated carbocycles. The highest BCUT2D eigenvalue weighted by Gasteiger charge is 2.17. The summed E-state index contributed by atoms with van der Waals surface area (Å²) >= 11 is 9.45. The quantitative estimate of drug-likeness (QED) is 0.598. The molecule has 0 fully saturated rings. The molecule has 3 rings (SSSR count). The van der Waals surface area contributed by atoms with Crippen molar-refractivity contribution in [3.63, 3.8) is 0 Å². The van der Waals surface area contributed by atoms with Crippen LogP contribution in [0.4, 0.5) is 5.69 Å². The van der Waals surface area contributed by atoms with Gasteiger partial charge in [0.2, 0.25) is 0 Å². The first-order valence-corrected chi connectivity index (χ1v) is 9.30. The predicted molar refractivity (Wildman–Crippen MR) is 107 cm³/mol. The minimum atomic E-state index is -0.481. The minimum Gasteiger partial charge on any atom is -0.384 e. The third-order valence-electron chi connectivity index (χ3n) is 4.30. The largest absolute Gasteiger partial charge is 0.384 e. The van der Waals surface area contributed by atoms with Crippen LogP contribution in [-0.2, 0) is 13.6 Å². The molecular weight excluding hydrogens is 422 g/mol. The highest BCUT2D eigenvalue weighted by atomic mass is 79.9. The second-order valence-electron chi connectivity index (χ2n) is 6.43. The standard InChI is InChI=1S/C17H19BrClN5O2/c1-9(7-20-12-6-11(19)5-4-10(12)2)8-24-13-14(21-16(24)18)23(3)17(26)22-15(13)25/h4-6,9,20H,7-8H2,1-3H3,(H,22,25,26). The van der Waals surface area contributed by atoms with Gasteiger partial charge in [0.15, 0.2) is 15.9 Å². The summed E-state index contributed by atoms with van der Waals surface area (Å²) in [6, 6.07) is 5.72. The van der Waals surface area contributed by atoms with Crippen molar-refractivity contribution in [1.82, 2.24) is 19.1 Å². The smallest absolute Gasteiger partial charge is 0.329 e. The number of nitrogens with one attached hydrogen (secondary N) is 2. The van der Waals surface area contributed by atoms with Gasteiger partial charge in [0, 0.05) is 30.8 Å². The summed E-state index contributed by atoms with van der Waals surface area (Å²) in [7, 11) is 1.58. The van der Waals surface area contributed by atoms with Crippen molar-refractivity contribution >= 4 is 44.4 Å². The molecule has 0 aliphatic rings. The molecular formula is C17H19BrClN5O2. The number of halogens is 2. The molecule has 138 valence electrons. The third-order valence-corrected chi connectivity index (χ3v) is 5.14. The van der Waals surface area contributed by atoms with Gasteiger partial charge in [-0.2, -0.15) is 0 Å². The molecule has 0 saturated heterocycles. The third kappa shape index (κ3) is 3.57. The topological polar surface area (TPSA) is 84.7 Å². The number of H-pyrrole nitrogens is 1. The number of aromatic nitrogens is 4. The van der Waals surface area contributed by atoms with Crippen LogP contribution in [0, 0.1) is 12.8 Å². The number of aromatic amines is 1. The number of fused-ring (bicyclic) bond motifs is 1. The lowest BCUT2D eigenvalue weighted by Crippen LogP contribution is -2.29. The summed E-state index contributed by atoms with van der Waals surface area (Å²) in [6.45, 7) is 5.34. The van der Waals surface area contributed by atoms with Crippen LogP contribution in [-0.4, -0.2) is 25.6 Å². The average Bonchev–Trinajstić information content (AvgIpc) is 2.91. The van der Waals surface area contributed by atoms with Gasteiger partial charge in [-0.15, -0.1) is 0 Å². The van der Waals surface area contributed by atoms with Gasteiger partial charge in [-0.05, 0) is 46.5 Å². The lowest BCUT2D eigenvalue weighted by atomic mass is 10.1. The Morgan fingerprint density at radius 3 is 2.85 bits per heavy atom. The van der Waals surface area contributed by atoms with E-state index in [2.05, 4.69) is 38.1 Å². The van der Waals surface area contributed by atoms with Crippen molar-refractivity contribution < 1.29 is 0 Å². The van der Waals surface area contributed by atoms with E-state index in [0.717, 1.165) is 11.3 Å². The Balaban J connectivity index is 1.84. The maximum absolute atomic E-state index is 12.2. The van der Waals surface area contributed by atoms with Crippen molar-refractivity contribution in [2.45, 2.75) is 20.4 Å². The van der Waals surface area contributed by atoms with Gasteiger partial charge >= 0.3 is 5.69 Å². The highest BCUT2D eigenvalue weighted by Crippen LogP contribution is 2.22. The average molecular weight is 441 g/mol. The molecule has 0 bridgehead atoms. The molecule has 1 unspecified atom stereocenters. The molecule has 2 heterocycles. The van der Waals surface area contributed by atoms with Crippen molar-refractivity contribution in [3.05, 3.63) is 54.4 Å². The molecule has 9 heteroatoms. The van der Waals surface area contributed by atoms with Gasteiger partial charge in [0.25, 0.3) is 5.56 Å². The van der Waals surface area contributed by atoms with E-state index in [-0.39, 0.29) is 5.92 Å². The molecule has 0 aliphatic heterocycles. The van der Waals surface area contributed by atoms with Crippen LogP contribution >= 0.6 is 27.5 Å². The monoisotopic (exact) mass is 439 g/mol. The Labute approximate surface area is 163 Å². The summed E-state index contributed by atoms with van der Waals surface area (Å²) in [5.41, 5.74) is 1.92. The molecule has 3 aromatic rings. The van der Waals surface area contributed by atoms with Crippen LogP contribution < -0.4 is 16.6 Å². The van der Waals surface area contributed by atoms with Crippen LogP contribution in [0.5, 0.6) is 0 Å². The van der Waals surface area contributed by atoms with Crippen LogP contribution in [0.2, 0.25) is 5.02 Å². The van der Waals surface area contributed by atoms with E-state index in [9.17, 15) is 9.59 Å². The zero-order valence-electron chi connectivity index (χ0n) is 14.6. The van der Waals surface area contributed by atoms with Gasteiger partial charge < -0.3 is 9.88 Å². The van der Waals surface area contributed by atoms with Gasteiger partial charge in [-0.1, -0.05) is 24.6 Å². The number of hydrogen-bond acceptors (Lipinski definition) is 4. The number of anilines is 1. The Morgan fingerprint density at radius 1 is 1.38 bits per heavy atom. The van der Waals surface area contributed by atoms with Crippen LogP contribution in [0.3, 0.4) is 0 Å². The lowest BCUT2D eigenvalue weighted by molar-refractivity contribution is 0.505. The zero-order valence-corrected chi connectivity index (χ0v) is 17.0. The molecule has 0 aliphatic carbocycles. The zero-order chi connectivity index (χ0) is 19.0. The fraction of sp³-hybridized carbons (Fsp3) is 0.353. The molecule has 7 nitrogen and oxygen atoms in total. The first-order chi connectivity index (χ1) is 12.3. The second-order valence-corrected chi connectivity index (χ2v) is 7.57. The minimum absolute atomic E-state index is 0.193. The number of hydrogen-bond donors (Lipinski definition) is 2. The van der Waals surface area contributed by atoms with Gasteiger partial charge in [-0.3, -0.25) is 14.3 Å². The van der Waals surface area contributed by atoms with E-state index in [4.69, 9.17) is 11.6 Å². The molecule has 1 aromatic carbocycles. The van der Waals surface area contributed by atoms with E-state index < -0.39 is 11.2 Å². The fourth-order valence-electron chi connectivity index (χ4n) is 2.82. The molecule has 2 N–H and O–H groups in total. The Kier molecular flexibility index (Phi) is 5.24. The number of benzene rings is 1. The van der Waals surface area contributed by atoms with Crippen molar-refractivity contribution in [1.29, 1.82) is 0 Å². The summed E-state index contributed by atoms with van der Waals surface area (Å²) in [5.74, 6) is 0.193. The maximum atomic E-state index is 12.2. The SMILES string of the molecule is Cc1ccc(Cl)cc1NCC(C)Cn1c(Br)nc2c1c(=O)[nH]c(=O)n2C. The Bertz CT molecular complexity index is 1090. The van der Waals surface area contributed by atoms with Crippen LogP contribution in [0.1, 0.15) is 12.5 Å². The first-order valence-electron chi connectivity index (χ1n) is 8.13. The summed E-state index contributed by atoms with van der Waals surface area (Å²) < 4.78 is 3.63. The lowest BCUT2D eigenvalue weighted by Gasteiger charge is -2.16. The predicted octanol–water partition coefficient (Wildman–Crippen LogP) is 2.90. The number of imidazole rings is 1. The molecule has 0 radical (unpaired) electrons. The molecule has 0 spiro atoms. The van der Waals surface area contributed by atoms with E-state index in [1.807, 2.05) is 25.1 Å².